The molecule has 0 spiro atoms. The van der Waals surface area contributed by atoms with Crippen molar-refractivity contribution in [3.05, 3.63) is 59.3 Å². The van der Waals surface area contributed by atoms with Crippen LogP contribution in [-0.4, -0.2) is 47.8 Å². The third-order valence-electron chi connectivity index (χ3n) is 4.89. The summed E-state index contributed by atoms with van der Waals surface area (Å²) in [7, 11) is 0. The van der Waals surface area contributed by atoms with Crippen molar-refractivity contribution < 1.29 is 9.53 Å². The van der Waals surface area contributed by atoms with E-state index in [0.717, 1.165) is 35.6 Å². The Hall–Kier alpha value is -2.60. The van der Waals surface area contributed by atoms with E-state index in [-0.39, 0.29) is 12.1 Å². The second-order valence-corrected chi connectivity index (χ2v) is 8.24. The van der Waals surface area contributed by atoms with Crippen LogP contribution in [0.5, 0.6) is 0 Å². The number of hydrogen-bond acceptors (Lipinski definition) is 5. The fraction of sp³-hybridized carbons (Fsp3) is 0.455. The number of pyridine rings is 1. The number of nitrogens with zero attached hydrogens (tertiary/aromatic N) is 3. The number of carbonyl (C=O) groups is 1. The molecule has 1 amide bonds. The molecular weight excluding hydrogens is 352 g/mol. The van der Waals surface area contributed by atoms with Gasteiger partial charge < -0.3 is 20.3 Å². The maximum Gasteiger partial charge on any atom is 0.410 e. The Kier molecular flexibility index (Phi) is 5.89. The van der Waals surface area contributed by atoms with Gasteiger partial charge >= 0.3 is 6.09 Å². The number of amides is 1. The van der Waals surface area contributed by atoms with Crippen LogP contribution in [0.15, 0.2) is 42.6 Å². The molecule has 3 rings (SSSR count). The molecular formula is C22H30N4O2. The van der Waals surface area contributed by atoms with E-state index in [1.54, 1.807) is 4.90 Å². The predicted octanol–water partition coefficient (Wildman–Crippen LogP) is 3.50. The van der Waals surface area contributed by atoms with Crippen LogP contribution in [0.3, 0.4) is 0 Å². The first-order valence-corrected chi connectivity index (χ1v) is 9.74. The lowest BCUT2D eigenvalue weighted by Crippen LogP contribution is -2.50. The lowest BCUT2D eigenvalue weighted by Gasteiger charge is -2.36. The molecule has 1 aliphatic heterocycles. The van der Waals surface area contributed by atoms with Crippen molar-refractivity contribution in [2.24, 2.45) is 5.73 Å². The molecule has 1 aromatic carbocycles. The van der Waals surface area contributed by atoms with Gasteiger partial charge in [0.15, 0.2) is 0 Å². The largest absolute Gasteiger partial charge is 0.444 e. The van der Waals surface area contributed by atoms with Crippen molar-refractivity contribution >= 4 is 11.9 Å². The highest BCUT2D eigenvalue weighted by Crippen LogP contribution is 2.25. The van der Waals surface area contributed by atoms with E-state index in [9.17, 15) is 4.79 Å². The van der Waals surface area contributed by atoms with Crippen LogP contribution in [0.4, 0.5) is 10.6 Å². The normalized spacial score (nSPS) is 16.0. The molecule has 1 fully saturated rings. The molecule has 0 radical (unpaired) electrons. The highest BCUT2D eigenvalue weighted by molar-refractivity contribution is 5.68. The number of nitrogens with two attached hydrogens (primary N) is 1. The first-order chi connectivity index (χ1) is 13.2. The summed E-state index contributed by atoms with van der Waals surface area (Å²) >= 11 is 0. The Morgan fingerprint density at radius 3 is 2.36 bits per heavy atom. The second kappa shape index (κ2) is 8.19. The third-order valence-corrected chi connectivity index (χ3v) is 4.89. The van der Waals surface area contributed by atoms with Gasteiger partial charge in [-0.2, -0.15) is 0 Å². The summed E-state index contributed by atoms with van der Waals surface area (Å²) in [6, 6.07) is 11.9. The minimum atomic E-state index is -0.472. The molecule has 2 heterocycles. The van der Waals surface area contributed by atoms with Crippen molar-refractivity contribution in [1.82, 2.24) is 9.88 Å². The van der Waals surface area contributed by atoms with Crippen LogP contribution in [-0.2, 0) is 4.74 Å². The Morgan fingerprint density at radius 1 is 1.14 bits per heavy atom. The molecule has 150 valence electrons. The minimum Gasteiger partial charge on any atom is -0.444 e. The van der Waals surface area contributed by atoms with Crippen molar-refractivity contribution in [2.45, 2.75) is 39.3 Å². The van der Waals surface area contributed by atoms with Crippen LogP contribution < -0.4 is 10.6 Å². The number of rotatable bonds is 3. The number of ether oxygens (including phenoxy) is 1. The molecule has 0 bridgehead atoms. The average Bonchev–Trinajstić information content (AvgIpc) is 2.67. The minimum absolute atomic E-state index is 0.188. The fourth-order valence-corrected chi connectivity index (χ4v) is 3.33. The van der Waals surface area contributed by atoms with E-state index >= 15 is 0 Å². The Balaban J connectivity index is 1.65. The van der Waals surface area contributed by atoms with Crippen LogP contribution in [0.2, 0.25) is 0 Å². The van der Waals surface area contributed by atoms with Gasteiger partial charge in [0.25, 0.3) is 0 Å². The maximum atomic E-state index is 12.2. The van der Waals surface area contributed by atoms with Gasteiger partial charge in [-0.1, -0.05) is 30.3 Å². The van der Waals surface area contributed by atoms with Crippen LogP contribution >= 0.6 is 0 Å². The maximum absolute atomic E-state index is 12.2. The topological polar surface area (TPSA) is 71.7 Å². The molecule has 28 heavy (non-hydrogen) atoms. The van der Waals surface area contributed by atoms with E-state index < -0.39 is 5.60 Å². The molecule has 0 aliphatic carbocycles. The highest BCUT2D eigenvalue weighted by Gasteiger charge is 2.26. The monoisotopic (exact) mass is 382 g/mol. The van der Waals surface area contributed by atoms with Gasteiger partial charge in [0, 0.05) is 32.4 Å². The van der Waals surface area contributed by atoms with Gasteiger partial charge in [-0.15, -0.1) is 0 Å². The van der Waals surface area contributed by atoms with Crippen LogP contribution in [0.25, 0.3) is 0 Å². The second-order valence-electron chi connectivity index (χ2n) is 8.24. The zero-order chi connectivity index (χ0) is 20.3. The molecule has 1 aliphatic rings. The summed E-state index contributed by atoms with van der Waals surface area (Å²) in [6.07, 6.45) is 1.63. The van der Waals surface area contributed by atoms with Gasteiger partial charge in [-0.25, -0.2) is 9.78 Å². The Labute approximate surface area is 167 Å². The van der Waals surface area contributed by atoms with Crippen LogP contribution in [0, 0.1) is 6.92 Å². The smallest absolute Gasteiger partial charge is 0.410 e. The molecule has 6 nitrogen and oxygen atoms in total. The number of hydrogen-bond donors (Lipinski definition) is 1. The third kappa shape index (κ3) is 4.81. The summed E-state index contributed by atoms with van der Waals surface area (Å²) in [4.78, 5) is 20.8. The van der Waals surface area contributed by atoms with Crippen LogP contribution in [0.1, 0.15) is 43.5 Å². The van der Waals surface area contributed by atoms with E-state index in [2.05, 4.69) is 22.9 Å². The molecule has 1 atom stereocenters. The molecule has 2 aromatic rings. The first-order valence-electron chi connectivity index (χ1n) is 9.74. The molecule has 0 saturated carbocycles. The van der Waals surface area contributed by atoms with Gasteiger partial charge in [-0.05, 0) is 50.5 Å². The van der Waals surface area contributed by atoms with Gasteiger partial charge in [-0.3, -0.25) is 0 Å². The van der Waals surface area contributed by atoms with E-state index in [1.807, 2.05) is 57.3 Å². The first kappa shape index (κ1) is 20.1. The summed E-state index contributed by atoms with van der Waals surface area (Å²) in [5.41, 5.74) is 9.19. The molecule has 1 saturated heterocycles. The number of aryl methyl sites for hydroxylation is 1. The zero-order valence-corrected chi connectivity index (χ0v) is 17.2. The highest BCUT2D eigenvalue weighted by atomic mass is 16.6. The number of benzene rings is 1. The lowest BCUT2D eigenvalue weighted by molar-refractivity contribution is 0.0240. The number of anilines is 1. The summed E-state index contributed by atoms with van der Waals surface area (Å²) < 4.78 is 5.46. The van der Waals surface area contributed by atoms with Crippen molar-refractivity contribution in [3.63, 3.8) is 0 Å². The zero-order valence-electron chi connectivity index (χ0n) is 17.2. The number of carbonyl (C=O) groups excluding carboxylic acids is 1. The van der Waals surface area contributed by atoms with Gasteiger partial charge in [0.2, 0.25) is 0 Å². The summed E-state index contributed by atoms with van der Waals surface area (Å²) in [6.45, 7) is 10.4. The summed E-state index contributed by atoms with van der Waals surface area (Å²) in [5, 5.41) is 0. The SMILES string of the molecule is Cc1cc(N2CCN(C(=O)OC(C)(C)C)CC2)ncc1[C@H](N)c1ccccc1. The van der Waals surface area contributed by atoms with Crippen molar-refractivity contribution in [1.29, 1.82) is 0 Å². The number of aromatic nitrogens is 1. The van der Waals surface area contributed by atoms with E-state index in [0.29, 0.717) is 13.1 Å². The van der Waals surface area contributed by atoms with E-state index in [1.165, 1.54) is 0 Å². The van der Waals surface area contributed by atoms with Crippen molar-refractivity contribution in [3.8, 4) is 0 Å². The number of piperazine rings is 1. The standard InChI is InChI=1S/C22H30N4O2/c1-16-14-19(24-15-18(16)20(23)17-8-6-5-7-9-17)25-10-12-26(13-11-25)21(27)28-22(2,3)4/h5-9,14-15,20H,10-13,23H2,1-4H3/t20-/m1/s1. The molecule has 0 unspecified atom stereocenters. The van der Waals surface area contributed by atoms with Gasteiger partial charge in [0.05, 0.1) is 6.04 Å². The van der Waals surface area contributed by atoms with Gasteiger partial charge in [0.1, 0.15) is 11.4 Å². The summed E-state index contributed by atoms with van der Waals surface area (Å²) in [5.74, 6) is 0.922. The fourth-order valence-electron chi connectivity index (χ4n) is 3.33. The van der Waals surface area contributed by atoms with Crippen molar-refractivity contribution in [2.75, 3.05) is 31.1 Å². The molecule has 2 N–H and O–H groups in total. The average molecular weight is 383 g/mol. The predicted molar refractivity (Wildman–Crippen MR) is 111 cm³/mol. The molecule has 6 heteroatoms. The Morgan fingerprint density at radius 2 is 1.79 bits per heavy atom. The molecule has 1 aromatic heterocycles. The van der Waals surface area contributed by atoms with E-state index in [4.69, 9.17) is 10.5 Å². The quantitative estimate of drug-likeness (QED) is 0.880. The lowest BCUT2D eigenvalue weighted by atomic mass is 9.97. The Bertz CT molecular complexity index is 809.